The number of hydrogen-bond donors (Lipinski definition) is 0. The number of rotatable bonds is 5. The zero-order valence-corrected chi connectivity index (χ0v) is 14.4. The molecule has 1 aliphatic rings. The number of benzene rings is 1. The molecule has 1 aromatic heterocycles. The largest absolute Gasteiger partial charge is 0.375 e. The molecular weight excluding hydrogens is 325 g/mol. The van der Waals surface area contributed by atoms with Crippen LogP contribution in [0.3, 0.4) is 0 Å². The van der Waals surface area contributed by atoms with Crippen molar-refractivity contribution < 1.29 is 18.4 Å². The first kappa shape index (κ1) is 17.5. The van der Waals surface area contributed by atoms with E-state index >= 15 is 0 Å². The van der Waals surface area contributed by atoms with Crippen molar-refractivity contribution in [3.63, 3.8) is 0 Å². The molecule has 3 rings (SSSR count). The molecule has 0 unspecified atom stereocenters. The van der Waals surface area contributed by atoms with E-state index in [0.29, 0.717) is 43.3 Å². The summed E-state index contributed by atoms with van der Waals surface area (Å²) in [5.74, 6) is 0.558. The summed E-state index contributed by atoms with van der Waals surface area (Å²) in [4.78, 5) is 18.7. The molecule has 6 nitrogen and oxygen atoms in total. The van der Waals surface area contributed by atoms with Crippen LogP contribution < -0.4 is 0 Å². The third-order valence-electron chi connectivity index (χ3n) is 4.38. The Morgan fingerprint density at radius 1 is 1.36 bits per heavy atom. The van der Waals surface area contributed by atoms with E-state index in [1.807, 2.05) is 11.8 Å². The Morgan fingerprint density at radius 2 is 2.12 bits per heavy atom. The first-order valence-electron chi connectivity index (χ1n) is 8.56. The normalized spacial score (nSPS) is 20.7. The molecule has 0 radical (unpaired) electrons. The molecule has 1 saturated heterocycles. The summed E-state index contributed by atoms with van der Waals surface area (Å²) in [7, 11) is 0. The fourth-order valence-corrected chi connectivity index (χ4v) is 2.92. The molecule has 0 N–H and O–H groups in total. The van der Waals surface area contributed by atoms with Crippen LogP contribution in [0.4, 0.5) is 4.39 Å². The molecule has 1 amide bonds. The lowest BCUT2D eigenvalue weighted by Crippen LogP contribution is -2.51. The second-order valence-corrected chi connectivity index (χ2v) is 6.27. The van der Waals surface area contributed by atoms with Gasteiger partial charge < -0.3 is 14.2 Å². The Balaban J connectivity index is 1.60. The SMILES string of the molecule is CC[C@H]1CO[C@H](C)CN1C(=O)CCc1nc(-c2ccc(F)cc2)no1. The van der Waals surface area contributed by atoms with Gasteiger partial charge in [0, 0.05) is 24.9 Å². The molecule has 1 aliphatic heterocycles. The van der Waals surface area contributed by atoms with Gasteiger partial charge >= 0.3 is 0 Å². The van der Waals surface area contributed by atoms with Gasteiger partial charge in [0.15, 0.2) is 0 Å². The third-order valence-corrected chi connectivity index (χ3v) is 4.38. The number of morpholine rings is 1. The summed E-state index contributed by atoms with van der Waals surface area (Å²) in [6.07, 6.45) is 1.62. The van der Waals surface area contributed by atoms with E-state index in [-0.39, 0.29) is 23.9 Å². The molecule has 2 atom stereocenters. The summed E-state index contributed by atoms with van der Waals surface area (Å²) < 4.78 is 23.8. The lowest BCUT2D eigenvalue weighted by atomic mass is 10.1. The van der Waals surface area contributed by atoms with E-state index < -0.39 is 0 Å². The van der Waals surface area contributed by atoms with Crippen LogP contribution in [0, 0.1) is 5.82 Å². The fourth-order valence-electron chi connectivity index (χ4n) is 2.92. The number of carbonyl (C=O) groups is 1. The van der Waals surface area contributed by atoms with Crippen molar-refractivity contribution in [1.29, 1.82) is 0 Å². The molecular formula is C18H22FN3O3. The number of halogens is 1. The van der Waals surface area contributed by atoms with Gasteiger partial charge in [-0.2, -0.15) is 4.98 Å². The molecule has 0 spiro atoms. The van der Waals surface area contributed by atoms with Crippen molar-refractivity contribution >= 4 is 5.91 Å². The lowest BCUT2D eigenvalue weighted by molar-refractivity contribution is -0.144. The molecule has 7 heteroatoms. The predicted octanol–water partition coefficient (Wildman–Crippen LogP) is 2.83. The second-order valence-electron chi connectivity index (χ2n) is 6.27. The zero-order valence-electron chi connectivity index (χ0n) is 14.4. The van der Waals surface area contributed by atoms with E-state index in [9.17, 15) is 9.18 Å². The highest BCUT2D eigenvalue weighted by molar-refractivity contribution is 5.76. The molecule has 25 heavy (non-hydrogen) atoms. The topological polar surface area (TPSA) is 68.5 Å². The maximum Gasteiger partial charge on any atom is 0.227 e. The molecule has 1 fully saturated rings. The van der Waals surface area contributed by atoms with Crippen LogP contribution in [0.15, 0.2) is 28.8 Å². The van der Waals surface area contributed by atoms with Crippen LogP contribution >= 0.6 is 0 Å². The minimum absolute atomic E-state index is 0.0558. The zero-order chi connectivity index (χ0) is 17.8. The first-order valence-corrected chi connectivity index (χ1v) is 8.56. The van der Waals surface area contributed by atoms with Gasteiger partial charge in [-0.05, 0) is 37.6 Å². The minimum atomic E-state index is -0.316. The molecule has 1 aromatic carbocycles. The van der Waals surface area contributed by atoms with Crippen molar-refractivity contribution in [1.82, 2.24) is 15.0 Å². The monoisotopic (exact) mass is 347 g/mol. The van der Waals surface area contributed by atoms with Crippen LogP contribution in [0.25, 0.3) is 11.4 Å². The number of ether oxygens (including phenoxy) is 1. The van der Waals surface area contributed by atoms with Crippen molar-refractivity contribution in [2.75, 3.05) is 13.2 Å². The Hall–Kier alpha value is -2.28. The van der Waals surface area contributed by atoms with Crippen LogP contribution in [-0.4, -0.2) is 46.2 Å². The number of carbonyl (C=O) groups excluding carboxylic acids is 1. The Kier molecular flexibility index (Phi) is 5.43. The van der Waals surface area contributed by atoms with E-state index in [4.69, 9.17) is 9.26 Å². The van der Waals surface area contributed by atoms with Crippen LogP contribution in [0.1, 0.15) is 32.6 Å². The van der Waals surface area contributed by atoms with Crippen molar-refractivity contribution in [2.45, 2.75) is 45.3 Å². The molecule has 134 valence electrons. The number of aromatic nitrogens is 2. The van der Waals surface area contributed by atoms with Gasteiger partial charge in [-0.25, -0.2) is 4.39 Å². The number of hydrogen-bond acceptors (Lipinski definition) is 5. The summed E-state index contributed by atoms with van der Waals surface area (Å²) in [5, 5.41) is 3.90. The molecule has 2 aromatic rings. The Bertz CT molecular complexity index is 717. The van der Waals surface area contributed by atoms with E-state index in [0.717, 1.165) is 6.42 Å². The van der Waals surface area contributed by atoms with Gasteiger partial charge in [0.1, 0.15) is 5.82 Å². The first-order chi connectivity index (χ1) is 12.1. The quantitative estimate of drug-likeness (QED) is 0.832. The number of amides is 1. The fraction of sp³-hybridized carbons (Fsp3) is 0.500. The lowest BCUT2D eigenvalue weighted by Gasteiger charge is -2.38. The highest BCUT2D eigenvalue weighted by atomic mass is 19.1. The van der Waals surface area contributed by atoms with Crippen molar-refractivity contribution in [2.24, 2.45) is 0 Å². The number of nitrogens with zero attached hydrogens (tertiary/aromatic N) is 3. The highest BCUT2D eigenvalue weighted by Gasteiger charge is 2.29. The van der Waals surface area contributed by atoms with Gasteiger partial charge in [-0.1, -0.05) is 12.1 Å². The summed E-state index contributed by atoms with van der Waals surface area (Å²) in [5.41, 5.74) is 0.677. The van der Waals surface area contributed by atoms with Gasteiger partial charge in [-0.15, -0.1) is 0 Å². The van der Waals surface area contributed by atoms with Crippen LogP contribution in [-0.2, 0) is 16.0 Å². The molecule has 0 bridgehead atoms. The van der Waals surface area contributed by atoms with Gasteiger partial charge in [0.05, 0.1) is 18.8 Å². The van der Waals surface area contributed by atoms with Gasteiger partial charge in [0.25, 0.3) is 0 Å². The highest BCUT2D eigenvalue weighted by Crippen LogP contribution is 2.19. The average molecular weight is 347 g/mol. The summed E-state index contributed by atoms with van der Waals surface area (Å²) in [6, 6.07) is 6.01. The van der Waals surface area contributed by atoms with Crippen molar-refractivity contribution in [3.05, 3.63) is 36.0 Å². The summed E-state index contributed by atoms with van der Waals surface area (Å²) in [6.45, 7) is 5.22. The van der Waals surface area contributed by atoms with E-state index in [2.05, 4.69) is 17.1 Å². The Labute approximate surface area is 146 Å². The molecule has 0 aliphatic carbocycles. The maximum absolute atomic E-state index is 13.0. The van der Waals surface area contributed by atoms with Crippen LogP contribution in [0.2, 0.25) is 0 Å². The standard InChI is InChI=1S/C18H22FN3O3/c1-3-15-11-24-12(2)10-22(15)17(23)9-8-16-20-18(21-25-16)13-4-6-14(19)7-5-13/h4-7,12,15H,3,8-11H2,1-2H3/t12-,15+/m1/s1. The van der Waals surface area contributed by atoms with E-state index in [1.165, 1.54) is 12.1 Å². The van der Waals surface area contributed by atoms with Gasteiger partial charge in [-0.3, -0.25) is 4.79 Å². The predicted molar refractivity (Wildman–Crippen MR) is 89.2 cm³/mol. The molecule has 2 heterocycles. The average Bonchev–Trinajstić information content (AvgIpc) is 3.09. The second kappa shape index (κ2) is 7.74. The molecule has 0 saturated carbocycles. The van der Waals surface area contributed by atoms with Crippen LogP contribution in [0.5, 0.6) is 0 Å². The maximum atomic E-state index is 13.0. The van der Waals surface area contributed by atoms with Crippen molar-refractivity contribution in [3.8, 4) is 11.4 Å². The van der Waals surface area contributed by atoms with Gasteiger partial charge in [0.2, 0.25) is 17.6 Å². The Morgan fingerprint density at radius 3 is 2.84 bits per heavy atom. The number of aryl methyl sites for hydroxylation is 1. The third kappa shape index (κ3) is 4.22. The summed E-state index contributed by atoms with van der Waals surface area (Å²) >= 11 is 0. The smallest absolute Gasteiger partial charge is 0.227 e. The van der Waals surface area contributed by atoms with E-state index in [1.54, 1.807) is 12.1 Å². The minimum Gasteiger partial charge on any atom is -0.375 e.